The van der Waals surface area contributed by atoms with Gasteiger partial charge in [0.05, 0.1) is 30.4 Å². The molecule has 0 unspecified atom stereocenters. The molecule has 0 spiro atoms. The van der Waals surface area contributed by atoms with Crippen LogP contribution >= 0.6 is 0 Å². The number of rotatable bonds is 2. The van der Waals surface area contributed by atoms with Gasteiger partial charge in [-0.15, -0.1) is 0 Å². The van der Waals surface area contributed by atoms with Gasteiger partial charge in [0.15, 0.2) is 29.9 Å². The molecule has 3 aliphatic rings. The van der Waals surface area contributed by atoms with Crippen LogP contribution in [0.15, 0.2) is 36.4 Å². The quantitative estimate of drug-likeness (QED) is 0.404. The van der Waals surface area contributed by atoms with Crippen LogP contribution in [-0.4, -0.2) is 24.5 Å². The lowest BCUT2D eigenvalue weighted by Crippen LogP contribution is -2.32. The average Bonchev–Trinajstić information content (AvgIpc) is 2.86. The summed E-state index contributed by atoms with van der Waals surface area (Å²) in [5, 5.41) is 14.1. The van der Waals surface area contributed by atoms with Gasteiger partial charge in [-0.3, -0.25) is 0 Å². The average molecular weight is 506 g/mol. The van der Waals surface area contributed by atoms with Crippen molar-refractivity contribution in [2.75, 3.05) is 19.2 Å². The summed E-state index contributed by atoms with van der Waals surface area (Å²) < 4.78 is 51.9. The first kappa shape index (κ1) is 23.4. The molecule has 190 valence electrons. The number of allylic oxidation sites excluding steroid dienone is 1. The highest BCUT2D eigenvalue weighted by Gasteiger charge is 2.34. The van der Waals surface area contributed by atoms with E-state index < -0.39 is 11.6 Å². The lowest BCUT2D eigenvalue weighted by atomic mass is 9.82. The lowest BCUT2D eigenvalue weighted by Gasteiger charge is -2.35. The summed E-state index contributed by atoms with van der Waals surface area (Å²) in [6.45, 7) is 6.02. The number of phenolic OH excluding ortho intramolecular Hbond substituents is 1. The predicted octanol–water partition coefficient (Wildman–Crippen LogP) is 6.71. The summed E-state index contributed by atoms with van der Waals surface area (Å²) >= 11 is 0. The molecule has 2 N–H and O–H groups in total. The molecule has 0 saturated carbocycles. The fourth-order valence-electron chi connectivity index (χ4n) is 5.42. The first-order chi connectivity index (χ1) is 17.7. The number of ether oxygens (including phenoxy) is 4. The molecule has 0 atom stereocenters. The third-order valence-corrected chi connectivity index (χ3v) is 6.79. The minimum atomic E-state index is -1.00. The zero-order chi connectivity index (χ0) is 26.1. The smallest absolute Gasteiger partial charge is 0.189 e. The summed E-state index contributed by atoms with van der Waals surface area (Å²) in [7, 11) is 1.49. The summed E-state index contributed by atoms with van der Waals surface area (Å²) in [5.41, 5.74) is 5.01. The molecule has 37 heavy (non-hydrogen) atoms. The number of phenols is 1. The molecular weight excluding hydrogens is 480 g/mol. The van der Waals surface area contributed by atoms with Crippen molar-refractivity contribution in [3.63, 3.8) is 0 Å². The molecular formula is C29H25F2NO5. The molecule has 0 bridgehead atoms. The summed E-state index contributed by atoms with van der Waals surface area (Å²) in [5.74, 6) is -0.630. The van der Waals surface area contributed by atoms with Crippen LogP contribution in [0.2, 0.25) is 0 Å². The van der Waals surface area contributed by atoms with E-state index >= 15 is 0 Å². The molecule has 6 rings (SSSR count). The topological polar surface area (TPSA) is 69.2 Å². The Balaban J connectivity index is 1.66. The normalized spacial score (nSPS) is 17.8. The van der Waals surface area contributed by atoms with Crippen molar-refractivity contribution in [1.82, 2.24) is 0 Å². The summed E-state index contributed by atoms with van der Waals surface area (Å²) in [6, 6.07) is 8.18. The van der Waals surface area contributed by atoms with Crippen LogP contribution < -0.4 is 19.5 Å². The van der Waals surface area contributed by atoms with Gasteiger partial charge >= 0.3 is 0 Å². The van der Waals surface area contributed by atoms with Gasteiger partial charge < -0.3 is 29.4 Å². The van der Waals surface area contributed by atoms with Crippen LogP contribution in [0.5, 0.6) is 23.0 Å². The van der Waals surface area contributed by atoms with E-state index in [1.165, 1.54) is 13.2 Å². The van der Waals surface area contributed by atoms with Crippen molar-refractivity contribution in [3.8, 4) is 34.1 Å². The van der Waals surface area contributed by atoms with Crippen LogP contribution in [0.1, 0.15) is 43.0 Å². The maximum atomic E-state index is 14.6. The van der Waals surface area contributed by atoms with Crippen molar-refractivity contribution in [3.05, 3.63) is 70.3 Å². The lowest BCUT2D eigenvalue weighted by molar-refractivity contribution is -0.0188. The van der Waals surface area contributed by atoms with Gasteiger partial charge in [-0.05, 0) is 56.7 Å². The fourth-order valence-corrected chi connectivity index (χ4v) is 5.42. The van der Waals surface area contributed by atoms with E-state index in [2.05, 4.69) is 25.2 Å². The number of aromatic hydroxyl groups is 1. The van der Waals surface area contributed by atoms with Gasteiger partial charge in [0.25, 0.3) is 0 Å². The molecule has 3 aliphatic heterocycles. The van der Waals surface area contributed by atoms with E-state index in [0.29, 0.717) is 22.6 Å². The van der Waals surface area contributed by atoms with E-state index in [9.17, 15) is 13.9 Å². The minimum absolute atomic E-state index is 0.0180. The second kappa shape index (κ2) is 8.24. The number of anilines is 1. The highest BCUT2D eigenvalue weighted by Crippen LogP contribution is 2.54. The van der Waals surface area contributed by atoms with Gasteiger partial charge in [-0.2, -0.15) is 0 Å². The molecule has 0 aromatic heterocycles. The van der Waals surface area contributed by atoms with Crippen LogP contribution in [0.4, 0.5) is 14.5 Å². The Morgan fingerprint density at radius 3 is 2.70 bits per heavy atom. The van der Waals surface area contributed by atoms with Crippen LogP contribution in [0.25, 0.3) is 28.5 Å². The van der Waals surface area contributed by atoms with E-state index in [1.54, 1.807) is 12.1 Å². The third-order valence-electron chi connectivity index (χ3n) is 6.79. The second-order valence-electron chi connectivity index (χ2n) is 9.87. The molecule has 3 aromatic carbocycles. The van der Waals surface area contributed by atoms with Crippen molar-refractivity contribution in [1.29, 1.82) is 0 Å². The first-order valence-electron chi connectivity index (χ1n) is 11.8. The van der Waals surface area contributed by atoms with Crippen molar-refractivity contribution >= 4 is 23.1 Å². The predicted molar refractivity (Wildman–Crippen MR) is 137 cm³/mol. The monoisotopic (exact) mass is 505 g/mol. The van der Waals surface area contributed by atoms with E-state index in [1.807, 2.05) is 19.1 Å². The van der Waals surface area contributed by atoms with E-state index in [4.69, 9.17) is 18.9 Å². The molecule has 0 saturated heterocycles. The van der Waals surface area contributed by atoms with Crippen molar-refractivity contribution in [2.24, 2.45) is 0 Å². The second-order valence-corrected chi connectivity index (χ2v) is 9.87. The molecule has 0 amide bonds. The summed E-state index contributed by atoms with van der Waals surface area (Å²) in [6.07, 6.45) is 3.78. The third kappa shape index (κ3) is 3.62. The Labute approximate surface area is 212 Å². The molecule has 3 aromatic rings. The zero-order valence-electron chi connectivity index (χ0n) is 20.8. The highest BCUT2D eigenvalue weighted by molar-refractivity contribution is 6.02. The standard InChI is InChI=1S/C29H25F2NO5/c1-14-11-29(2,3)32-19-6-5-16-24(23(14)19)22(37-21-8-7-20(33)28(34-4)25(16)21)10-15-9-18(30)26(31)17-12-35-13-36-27(15)17/h5-11,32-33H,12-13H2,1-4H3/b22-10-. The number of methoxy groups -OCH3 is 1. The number of hydrogen-bond donors (Lipinski definition) is 2. The molecule has 0 radical (unpaired) electrons. The maximum Gasteiger partial charge on any atom is 0.189 e. The fraction of sp³-hybridized carbons (Fsp3) is 0.241. The Bertz CT molecular complexity index is 1540. The van der Waals surface area contributed by atoms with E-state index in [-0.39, 0.29) is 41.8 Å². The molecule has 8 heteroatoms. The molecule has 3 heterocycles. The van der Waals surface area contributed by atoms with E-state index in [0.717, 1.165) is 34.0 Å². The first-order valence-corrected chi connectivity index (χ1v) is 11.8. The molecule has 0 aliphatic carbocycles. The van der Waals surface area contributed by atoms with Gasteiger partial charge in [0.2, 0.25) is 0 Å². The number of nitrogens with one attached hydrogen (secondary N) is 1. The summed E-state index contributed by atoms with van der Waals surface area (Å²) in [4.78, 5) is 0. The Hall–Kier alpha value is -4.04. The van der Waals surface area contributed by atoms with Crippen LogP contribution in [-0.2, 0) is 11.3 Å². The largest absolute Gasteiger partial charge is 0.504 e. The van der Waals surface area contributed by atoms with Gasteiger partial charge in [-0.1, -0.05) is 12.1 Å². The maximum absolute atomic E-state index is 14.6. The SMILES string of the molecule is COc1c(O)ccc2c1-c1ccc3c(c1/C(=C/c1cc(F)c(F)c4c1OCOC4)O2)C(C)=CC(C)(C)N3. The number of fused-ring (bicyclic) bond motifs is 6. The zero-order valence-corrected chi connectivity index (χ0v) is 20.8. The van der Waals surface area contributed by atoms with Crippen LogP contribution in [0.3, 0.4) is 0 Å². The van der Waals surface area contributed by atoms with Gasteiger partial charge in [0, 0.05) is 27.9 Å². The minimum Gasteiger partial charge on any atom is -0.504 e. The number of benzene rings is 3. The number of hydrogen-bond acceptors (Lipinski definition) is 6. The highest BCUT2D eigenvalue weighted by atomic mass is 19.2. The van der Waals surface area contributed by atoms with Crippen molar-refractivity contribution < 1.29 is 32.8 Å². The molecule has 0 fully saturated rings. The Morgan fingerprint density at radius 2 is 1.92 bits per heavy atom. The Kier molecular flexibility index (Phi) is 5.21. The van der Waals surface area contributed by atoms with Gasteiger partial charge in [-0.25, -0.2) is 8.78 Å². The molecule has 6 nitrogen and oxygen atoms in total. The van der Waals surface area contributed by atoms with Crippen molar-refractivity contribution in [2.45, 2.75) is 32.9 Å². The Morgan fingerprint density at radius 1 is 1.11 bits per heavy atom. The number of halogens is 2. The van der Waals surface area contributed by atoms with Crippen LogP contribution in [0, 0.1) is 11.6 Å². The van der Waals surface area contributed by atoms with Gasteiger partial charge in [0.1, 0.15) is 17.3 Å².